The zero-order valence-electron chi connectivity index (χ0n) is 30.1. The summed E-state index contributed by atoms with van der Waals surface area (Å²) < 4.78 is 39.2. The van der Waals surface area contributed by atoms with Crippen molar-refractivity contribution >= 4 is 50.4 Å². The molecule has 3 N–H and O–H groups in total. The van der Waals surface area contributed by atoms with Crippen LogP contribution in [0.1, 0.15) is 73.1 Å². The third-order valence-electron chi connectivity index (χ3n) is 9.13. The van der Waals surface area contributed by atoms with Gasteiger partial charge < -0.3 is 25.0 Å². The number of carbonyl (C=O) groups excluding carboxylic acids is 5. The Morgan fingerprint density at radius 2 is 1.83 bits per heavy atom. The molecule has 2 heterocycles. The lowest BCUT2D eigenvalue weighted by atomic mass is 10.1. The zero-order chi connectivity index (χ0) is 38.0. The van der Waals surface area contributed by atoms with Crippen molar-refractivity contribution in [1.82, 2.24) is 25.2 Å². The van der Waals surface area contributed by atoms with E-state index < -0.39 is 74.3 Å². The number of benzene rings is 1. The topological polar surface area (TPSA) is 190 Å². The van der Waals surface area contributed by atoms with Crippen LogP contribution in [0.2, 0.25) is 0 Å². The summed E-state index contributed by atoms with van der Waals surface area (Å²) in [5.41, 5.74) is -1.70. The van der Waals surface area contributed by atoms with Crippen molar-refractivity contribution in [2.75, 3.05) is 6.54 Å². The van der Waals surface area contributed by atoms with Crippen LogP contribution in [-0.4, -0.2) is 89.0 Å². The van der Waals surface area contributed by atoms with Crippen LogP contribution >= 0.6 is 0 Å². The number of alkyl carbamates (subject to hydrolysis) is 1. The van der Waals surface area contributed by atoms with Crippen molar-refractivity contribution in [2.24, 2.45) is 5.92 Å². The van der Waals surface area contributed by atoms with E-state index in [2.05, 4.69) is 26.9 Å². The number of allylic oxidation sites excluding steroid dienone is 2. The number of amides is 4. The molecule has 52 heavy (non-hydrogen) atoms. The van der Waals surface area contributed by atoms with E-state index in [0.717, 1.165) is 16.3 Å². The summed E-state index contributed by atoms with van der Waals surface area (Å²) in [6, 6.07) is 6.79. The molecule has 2 aromatic rings. The lowest BCUT2D eigenvalue weighted by molar-refractivity contribution is -0.141. The minimum absolute atomic E-state index is 0.0187. The highest BCUT2D eigenvalue weighted by molar-refractivity contribution is 7.91. The fraction of sp³-hybridized carbons (Fsp3) is 0.514. The fourth-order valence-electron chi connectivity index (χ4n) is 6.33. The number of hydrogen-bond acceptors (Lipinski definition) is 10. The normalized spacial score (nSPS) is 23.2. The first-order chi connectivity index (χ1) is 24.4. The van der Waals surface area contributed by atoms with Crippen LogP contribution in [0.15, 0.2) is 60.8 Å². The maximum absolute atomic E-state index is 14.4. The molecule has 0 spiro atoms. The minimum Gasteiger partial charge on any atom is -0.472 e. The second-order valence-electron chi connectivity index (χ2n) is 14.9. The quantitative estimate of drug-likeness (QED) is 0.191. The molecule has 1 aromatic carbocycles. The maximum Gasteiger partial charge on any atom is 0.408 e. The van der Waals surface area contributed by atoms with Crippen molar-refractivity contribution in [3.63, 3.8) is 0 Å². The molecule has 0 bridgehead atoms. The fourth-order valence-corrected chi connectivity index (χ4v) is 7.69. The summed E-state index contributed by atoms with van der Waals surface area (Å²) in [5, 5.41) is 6.27. The van der Waals surface area contributed by atoms with E-state index in [1.165, 1.54) is 17.1 Å². The molecule has 5 rings (SSSR count). The summed E-state index contributed by atoms with van der Waals surface area (Å²) >= 11 is 0. The van der Waals surface area contributed by atoms with Gasteiger partial charge in [-0.25, -0.2) is 18.2 Å². The number of rotatable bonds is 14. The Morgan fingerprint density at radius 3 is 2.46 bits per heavy atom. The van der Waals surface area contributed by atoms with Gasteiger partial charge in [-0.2, -0.15) is 0 Å². The predicted molar refractivity (Wildman–Crippen MR) is 192 cm³/mol. The molecule has 0 radical (unpaired) electrons. The van der Waals surface area contributed by atoms with E-state index in [9.17, 15) is 32.4 Å². The molecule has 1 aliphatic heterocycles. The van der Waals surface area contributed by atoms with E-state index in [0.29, 0.717) is 18.7 Å². The van der Waals surface area contributed by atoms with Gasteiger partial charge in [-0.15, -0.1) is 6.58 Å². The van der Waals surface area contributed by atoms with Crippen molar-refractivity contribution in [2.45, 2.75) is 108 Å². The van der Waals surface area contributed by atoms with Crippen LogP contribution in [0.3, 0.4) is 0 Å². The van der Waals surface area contributed by atoms with E-state index in [4.69, 9.17) is 9.47 Å². The minimum atomic E-state index is -3.92. The SMILES string of the molecule is C=C[C@@H]1C[C@]1(NC(=O)[C@@H]1C[C@@H](Oc2nccc3ccccc23)CN1C(=O)[C@@H](CCC(=O)C=C(C)C)NC(=O)OC(C)(C)C)C(=O)NS(=O)(=O)C1CC1. The van der Waals surface area contributed by atoms with Gasteiger partial charge >= 0.3 is 6.09 Å². The van der Waals surface area contributed by atoms with E-state index >= 15 is 0 Å². The molecule has 280 valence electrons. The highest BCUT2D eigenvalue weighted by atomic mass is 32.2. The first-order valence-electron chi connectivity index (χ1n) is 17.4. The molecule has 1 saturated heterocycles. The summed E-state index contributed by atoms with van der Waals surface area (Å²) in [7, 11) is -3.92. The van der Waals surface area contributed by atoms with Crippen molar-refractivity contribution in [1.29, 1.82) is 0 Å². The van der Waals surface area contributed by atoms with E-state index in [1.54, 1.807) is 40.8 Å². The molecule has 2 aliphatic carbocycles. The van der Waals surface area contributed by atoms with Gasteiger partial charge in [0.1, 0.15) is 29.3 Å². The number of ketones is 1. The molecular weight excluding hydrogens is 691 g/mol. The van der Waals surface area contributed by atoms with Gasteiger partial charge in [-0.3, -0.25) is 23.9 Å². The molecule has 5 atom stereocenters. The van der Waals surface area contributed by atoms with Gasteiger partial charge in [0, 0.05) is 30.3 Å². The van der Waals surface area contributed by atoms with Crippen LogP contribution in [0.5, 0.6) is 5.88 Å². The molecule has 4 amide bonds. The average Bonchev–Trinajstić information content (AvgIpc) is 3.98. The van der Waals surface area contributed by atoms with Gasteiger partial charge in [-0.1, -0.05) is 29.8 Å². The van der Waals surface area contributed by atoms with Crippen LogP contribution in [0.25, 0.3) is 10.8 Å². The Balaban J connectivity index is 1.44. The lowest BCUT2D eigenvalue weighted by Gasteiger charge is -2.30. The number of aromatic nitrogens is 1. The highest BCUT2D eigenvalue weighted by Crippen LogP contribution is 2.45. The molecule has 1 aromatic heterocycles. The van der Waals surface area contributed by atoms with Crippen LogP contribution < -0.4 is 20.1 Å². The molecule has 0 unspecified atom stereocenters. The standard InChI is InChI=1S/C37H47N5O9S/c1-7-24-20-37(24,34(46)41-52(48,49)27-13-14-27)40-31(44)30-19-26(50-32-28-11-9-8-10-23(28)16-17-38-32)21-42(30)33(45)29(15-12-25(43)18-22(2)3)39-35(47)51-36(4,5)6/h7-11,16-18,24,26-27,29-30H,1,12-15,19-21H2,2-6H3,(H,39,47)(H,40,44)(H,41,46)/t24-,26-,29-,30+,37-/m1/s1. The van der Waals surface area contributed by atoms with Gasteiger partial charge in [0.25, 0.3) is 5.91 Å². The van der Waals surface area contributed by atoms with Crippen LogP contribution in [-0.2, 0) is 33.9 Å². The third kappa shape index (κ3) is 9.16. The Kier molecular flexibility index (Phi) is 11.1. The van der Waals surface area contributed by atoms with Crippen LogP contribution in [0, 0.1) is 5.92 Å². The summed E-state index contributed by atoms with van der Waals surface area (Å²) in [6.45, 7) is 12.2. The molecule has 14 nitrogen and oxygen atoms in total. The zero-order valence-corrected chi connectivity index (χ0v) is 31.0. The predicted octanol–water partition coefficient (Wildman–Crippen LogP) is 3.46. The molecule has 3 aliphatic rings. The van der Waals surface area contributed by atoms with Gasteiger partial charge in [-0.05, 0) is 83.9 Å². The lowest BCUT2D eigenvalue weighted by Crippen LogP contribution is -2.58. The smallest absolute Gasteiger partial charge is 0.408 e. The summed E-state index contributed by atoms with van der Waals surface area (Å²) in [4.78, 5) is 73.3. The number of hydrogen-bond donors (Lipinski definition) is 3. The Labute approximate surface area is 303 Å². The number of fused-ring (bicyclic) bond motifs is 1. The molecule has 15 heteroatoms. The van der Waals surface area contributed by atoms with Gasteiger partial charge in [0.2, 0.25) is 27.7 Å². The highest BCUT2D eigenvalue weighted by Gasteiger charge is 2.62. The average molecular weight is 738 g/mol. The van der Waals surface area contributed by atoms with Gasteiger partial charge in [0.15, 0.2) is 5.78 Å². The molecule has 2 saturated carbocycles. The number of sulfonamides is 1. The second kappa shape index (κ2) is 15.1. The van der Waals surface area contributed by atoms with E-state index in [1.807, 2.05) is 30.3 Å². The molecule has 3 fully saturated rings. The maximum atomic E-state index is 14.4. The Morgan fingerprint density at radius 1 is 1.12 bits per heavy atom. The Hall–Kier alpha value is -4.79. The second-order valence-corrected chi connectivity index (χ2v) is 16.9. The number of carbonyl (C=O) groups is 5. The summed E-state index contributed by atoms with van der Waals surface area (Å²) in [5.74, 6) is -2.76. The Bertz CT molecular complexity index is 1890. The number of ether oxygens (including phenoxy) is 2. The largest absolute Gasteiger partial charge is 0.472 e. The monoisotopic (exact) mass is 737 g/mol. The van der Waals surface area contributed by atoms with Crippen LogP contribution in [0.4, 0.5) is 4.79 Å². The summed E-state index contributed by atoms with van der Waals surface area (Å²) in [6.07, 6.45) is 3.69. The molecular formula is C37H47N5O9S. The number of pyridine rings is 1. The third-order valence-corrected chi connectivity index (χ3v) is 10.9. The first kappa shape index (κ1) is 38.4. The number of likely N-dealkylation sites (tertiary alicyclic amines) is 1. The van der Waals surface area contributed by atoms with E-state index in [-0.39, 0.29) is 38.0 Å². The first-order valence-corrected chi connectivity index (χ1v) is 19.0. The number of nitrogens with zero attached hydrogens (tertiary/aromatic N) is 2. The van der Waals surface area contributed by atoms with Crippen molar-refractivity contribution < 1.29 is 41.9 Å². The van der Waals surface area contributed by atoms with Crippen molar-refractivity contribution in [3.8, 4) is 5.88 Å². The number of nitrogens with one attached hydrogen (secondary N) is 3. The van der Waals surface area contributed by atoms with Gasteiger partial charge in [0.05, 0.1) is 11.8 Å². The van der Waals surface area contributed by atoms with Crippen molar-refractivity contribution in [3.05, 3.63) is 60.8 Å².